The smallest absolute Gasteiger partial charge is 0.316 e. The Morgan fingerprint density at radius 1 is 1.44 bits per heavy atom. The molecule has 1 fully saturated rings. The normalized spacial score (nSPS) is 24.3. The third kappa shape index (κ3) is 2.17. The summed E-state index contributed by atoms with van der Waals surface area (Å²) in [6.07, 6.45) is 2.35. The summed E-state index contributed by atoms with van der Waals surface area (Å²) < 4.78 is 0. The molecule has 1 heterocycles. The molecule has 0 bridgehead atoms. The standard InChI is InChI=1S/C12H17N3O/c1-12(7-2-8-14-12)9-3-5-10(6-4-9)15-11(13)16/h3-6,14H,2,7-8H2,1H3,(H3,13,15,16). The van der Waals surface area contributed by atoms with E-state index in [0.29, 0.717) is 0 Å². The van der Waals surface area contributed by atoms with Gasteiger partial charge in [0.05, 0.1) is 0 Å². The first-order valence-electron chi connectivity index (χ1n) is 5.52. The Labute approximate surface area is 95.2 Å². The van der Waals surface area contributed by atoms with Crippen molar-refractivity contribution in [3.05, 3.63) is 29.8 Å². The molecule has 0 radical (unpaired) electrons. The summed E-state index contributed by atoms with van der Waals surface area (Å²) in [7, 11) is 0. The summed E-state index contributed by atoms with van der Waals surface area (Å²) in [5.41, 5.74) is 7.11. The molecule has 1 aliphatic heterocycles. The number of rotatable bonds is 2. The average molecular weight is 219 g/mol. The second kappa shape index (κ2) is 4.14. The molecule has 1 aromatic rings. The van der Waals surface area contributed by atoms with Crippen LogP contribution in [-0.4, -0.2) is 12.6 Å². The highest BCUT2D eigenvalue weighted by molar-refractivity contribution is 5.87. The maximum atomic E-state index is 10.7. The Kier molecular flexibility index (Phi) is 2.83. The van der Waals surface area contributed by atoms with E-state index in [0.717, 1.165) is 18.7 Å². The van der Waals surface area contributed by atoms with E-state index in [4.69, 9.17) is 5.73 Å². The zero-order valence-corrected chi connectivity index (χ0v) is 9.42. The highest BCUT2D eigenvalue weighted by Gasteiger charge is 2.29. The number of nitrogens with two attached hydrogens (primary N) is 1. The molecule has 16 heavy (non-hydrogen) atoms. The van der Waals surface area contributed by atoms with Crippen molar-refractivity contribution in [1.29, 1.82) is 0 Å². The Morgan fingerprint density at radius 3 is 2.62 bits per heavy atom. The van der Waals surface area contributed by atoms with Crippen LogP contribution in [0.1, 0.15) is 25.3 Å². The lowest BCUT2D eigenvalue weighted by Gasteiger charge is -2.25. The van der Waals surface area contributed by atoms with Crippen LogP contribution in [0, 0.1) is 0 Å². The third-order valence-electron chi connectivity index (χ3n) is 3.16. The number of urea groups is 1. The van der Waals surface area contributed by atoms with Crippen LogP contribution in [0.5, 0.6) is 0 Å². The Bertz CT molecular complexity index is 380. The predicted molar refractivity (Wildman–Crippen MR) is 64.2 cm³/mol. The van der Waals surface area contributed by atoms with Crippen molar-refractivity contribution in [2.24, 2.45) is 5.73 Å². The number of carbonyl (C=O) groups is 1. The van der Waals surface area contributed by atoms with Gasteiger partial charge in [-0.3, -0.25) is 0 Å². The molecular formula is C12H17N3O. The van der Waals surface area contributed by atoms with Crippen LogP contribution in [0.4, 0.5) is 10.5 Å². The molecule has 1 aliphatic rings. The van der Waals surface area contributed by atoms with Crippen LogP contribution in [-0.2, 0) is 5.54 Å². The van der Waals surface area contributed by atoms with Gasteiger partial charge in [-0.15, -0.1) is 0 Å². The molecular weight excluding hydrogens is 202 g/mol. The molecule has 1 unspecified atom stereocenters. The van der Waals surface area contributed by atoms with Crippen molar-refractivity contribution in [2.45, 2.75) is 25.3 Å². The lowest BCUT2D eigenvalue weighted by molar-refractivity contribution is 0.259. The van der Waals surface area contributed by atoms with Crippen molar-refractivity contribution >= 4 is 11.7 Å². The van der Waals surface area contributed by atoms with E-state index in [-0.39, 0.29) is 5.54 Å². The molecule has 1 aromatic carbocycles. The van der Waals surface area contributed by atoms with E-state index in [9.17, 15) is 4.79 Å². The van der Waals surface area contributed by atoms with Gasteiger partial charge in [-0.05, 0) is 44.0 Å². The number of benzene rings is 1. The van der Waals surface area contributed by atoms with Crippen molar-refractivity contribution in [3.8, 4) is 0 Å². The molecule has 1 saturated heterocycles. The zero-order valence-electron chi connectivity index (χ0n) is 9.42. The molecule has 0 saturated carbocycles. The summed E-state index contributed by atoms with van der Waals surface area (Å²) in [5, 5.41) is 6.05. The minimum Gasteiger partial charge on any atom is -0.351 e. The Balaban J connectivity index is 2.15. The van der Waals surface area contributed by atoms with E-state index < -0.39 is 6.03 Å². The zero-order chi connectivity index (χ0) is 11.6. The molecule has 86 valence electrons. The van der Waals surface area contributed by atoms with Crippen molar-refractivity contribution < 1.29 is 4.79 Å². The lowest BCUT2D eigenvalue weighted by atomic mass is 9.90. The minimum absolute atomic E-state index is 0.0747. The average Bonchev–Trinajstić information content (AvgIpc) is 2.66. The van der Waals surface area contributed by atoms with Crippen LogP contribution < -0.4 is 16.4 Å². The molecule has 0 aromatic heterocycles. The fraction of sp³-hybridized carbons (Fsp3) is 0.417. The molecule has 4 nitrogen and oxygen atoms in total. The summed E-state index contributed by atoms with van der Waals surface area (Å²) in [6, 6.07) is 7.29. The Morgan fingerprint density at radius 2 is 2.12 bits per heavy atom. The largest absolute Gasteiger partial charge is 0.351 e. The number of carbonyl (C=O) groups excluding carboxylic acids is 1. The van der Waals surface area contributed by atoms with Crippen LogP contribution >= 0.6 is 0 Å². The fourth-order valence-electron chi connectivity index (χ4n) is 2.20. The van der Waals surface area contributed by atoms with Crippen molar-refractivity contribution in [3.63, 3.8) is 0 Å². The molecule has 2 rings (SSSR count). The molecule has 1 atom stereocenters. The van der Waals surface area contributed by atoms with E-state index in [1.807, 2.05) is 24.3 Å². The minimum atomic E-state index is -0.530. The van der Waals surface area contributed by atoms with Gasteiger partial charge in [-0.25, -0.2) is 4.79 Å². The van der Waals surface area contributed by atoms with Gasteiger partial charge >= 0.3 is 6.03 Å². The summed E-state index contributed by atoms with van der Waals surface area (Å²) in [5.74, 6) is 0. The molecule has 2 amide bonds. The lowest BCUT2D eigenvalue weighted by Crippen LogP contribution is -2.33. The number of anilines is 1. The van der Waals surface area contributed by atoms with Crippen LogP contribution in [0.2, 0.25) is 0 Å². The predicted octanol–water partition coefficient (Wildman–Crippen LogP) is 1.78. The maximum Gasteiger partial charge on any atom is 0.316 e. The second-order valence-corrected chi connectivity index (χ2v) is 4.43. The maximum absolute atomic E-state index is 10.7. The van der Waals surface area contributed by atoms with E-state index >= 15 is 0 Å². The molecule has 0 aliphatic carbocycles. The quantitative estimate of drug-likeness (QED) is 0.709. The first kappa shape index (κ1) is 11.0. The number of primary amides is 1. The highest BCUT2D eigenvalue weighted by Crippen LogP contribution is 2.30. The fourth-order valence-corrected chi connectivity index (χ4v) is 2.20. The van der Waals surface area contributed by atoms with Gasteiger partial charge in [0.15, 0.2) is 0 Å². The number of nitrogens with one attached hydrogen (secondary N) is 2. The van der Waals surface area contributed by atoms with Gasteiger partial charge in [0, 0.05) is 11.2 Å². The first-order valence-corrected chi connectivity index (χ1v) is 5.52. The number of amides is 2. The summed E-state index contributed by atoms with van der Waals surface area (Å²) in [6.45, 7) is 3.27. The monoisotopic (exact) mass is 219 g/mol. The van der Waals surface area contributed by atoms with Gasteiger partial charge in [-0.2, -0.15) is 0 Å². The van der Waals surface area contributed by atoms with Gasteiger partial charge in [0.2, 0.25) is 0 Å². The van der Waals surface area contributed by atoms with Crippen LogP contribution in [0.15, 0.2) is 24.3 Å². The van der Waals surface area contributed by atoms with E-state index in [2.05, 4.69) is 17.6 Å². The van der Waals surface area contributed by atoms with E-state index in [1.165, 1.54) is 12.0 Å². The molecule has 0 spiro atoms. The topological polar surface area (TPSA) is 67.1 Å². The SMILES string of the molecule is CC1(c2ccc(NC(N)=O)cc2)CCCN1. The van der Waals surface area contributed by atoms with Crippen LogP contribution in [0.25, 0.3) is 0 Å². The van der Waals surface area contributed by atoms with Gasteiger partial charge in [-0.1, -0.05) is 12.1 Å². The third-order valence-corrected chi connectivity index (χ3v) is 3.16. The number of hydrogen-bond donors (Lipinski definition) is 3. The highest BCUT2D eigenvalue weighted by atomic mass is 16.2. The summed E-state index contributed by atoms with van der Waals surface area (Å²) >= 11 is 0. The first-order chi connectivity index (χ1) is 7.60. The summed E-state index contributed by atoms with van der Waals surface area (Å²) in [4.78, 5) is 10.7. The molecule has 4 heteroatoms. The molecule has 4 N–H and O–H groups in total. The van der Waals surface area contributed by atoms with Crippen molar-refractivity contribution in [1.82, 2.24) is 5.32 Å². The van der Waals surface area contributed by atoms with Crippen LogP contribution in [0.3, 0.4) is 0 Å². The second-order valence-electron chi connectivity index (χ2n) is 4.43. The Hall–Kier alpha value is -1.55. The van der Waals surface area contributed by atoms with Gasteiger partial charge < -0.3 is 16.4 Å². The van der Waals surface area contributed by atoms with Gasteiger partial charge in [0.1, 0.15) is 0 Å². The van der Waals surface area contributed by atoms with Gasteiger partial charge in [0.25, 0.3) is 0 Å². The number of hydrogen-bond acceptors (Lipinski definition) is 2. The van der Waals surface area contributed by atoms with Crippen molar-refractivity contribution in [2.75, 3.05) is 11.9 Å². The van der Waals surface area contributed by atoms with E-state index in [1.54, 1.807) is 0 Å².